The summed E-state index contributed by atoms with van der Waals surface area (Å²) in [5.41, 5.74) is 0. The molecule has 9 heteroatoms. The molecule has 0 radical (unpaired) electrons. The van der Waals surface area contributed by atoms with Crippen LogP contribution in [-0.2, 0) is 9.13 Å². The van der Waals surface area contributed by atoms with Crippen molar-refractivity contribution in [2.45, 2.75) is 43.4 Å². The maximum absolute atomic E-state index is 11.3. The Morgan fingerprint density at radius 3 is 1.50 bits per heavy atom. The average molecular weight is 351 g/mol. The van der Waals surface area contributed by atoms with E-state index < -0.39 is 20.1 Å². The van der Waals surface area contributed by atoms with E-state index in [0.717, 1.165) is 12.8 Å². The molecule has 126 valence electrons. The zero-order chi connectivity index (χ0) is 16.7. The molecule has 2 rings (SSSR count). The van der Waals surface area contributed by atoms with Crippen LogP contribution >= 0.6 is 15.2 Å². The summed E-state index contributed by atoms with van der Waals surface area (Å²) < 4.78 is 22.6. The summed E-state index contributed by atoms with van der Waals surface area (Å²) in [6, 6.07) is 0. The van der Waals surface area contributed by atoms with Gasteiger partial charge < -0.3 is 24.9 Å². The van der Waals surface area contributed by atoms with E-state index in [-0.39, 0.29) is 12.8 Å². The summed E-state index contributed by atoms with van der Waals surface area (Å²) >= 11 is 0. The van der Waals surface area contributed by atoms with Crippen LogP contribution in [0.5, 0.6) is 0 Å². The fourth-order valence-electron chi connectivity index (χ4n) is 2.45. The van der Waals surface area contributed by atoms with Crippen LogP contribution in [0, 0.1) is 0 Å². The number of hydrogen-bond donors (Lipinski definition) is 5. The van der Waals surface area contributed by atoms with Gasteiger partial charge in [0.25, 0.3) is 0 Å². The third-order valence-corrected chi connectivity index (χ3v) is 8.33. The zero-order valence-corrected chi connectivity index (χ0v) is 14.0. The molecule has 0 unspecified atom stereocenters. The topological polar surface area (TPSA) is 127 Å². The van der Waals surface area contributed by atoms with Crippen LogP contribution in [0.15, 0.2) is 36.7 Å². The summed E-state index contributed by atoms with van der Waals surface area (Å²) in [5, 5.41) is 2.92. The summed E-state index contributed by atoms with van der Waals surface area (Å²) in [7, 11) is -9.57. The molecule has 0 aromatic carbocycles. The number of hydrogen-bond acceptors (Lipinski definition) is 3. The molecule has 1 saturated carbocycles. The van der Waals surface area contributed by atoms with Crippen molar-refractivity contribution in [2.75, 3.05) is 0 Å². The standard InChI is InChI=1S/C7H16O6P2.C6H7N/c8-14(9,10)7(15(11,12)13)5-3-1-2-4-6-7;1-2-4-6-7-5-3-1/h1-6H2,(H2,8,9,10)(H2,11,12,13);1-7H. The van der Waals surface area contributed by atoms with Crippen molar-refractivity contribution in [1.29, 1.82) is 0 Å². The highest BCUT2D eigenvalue weighted by Gasteiger charge is 2.59. The Balaban J connectivity index is 0.000000287. The minimum Gasteiger partial charge on any atom is -0.368 e. The Hall–Kier alpha value is -0.680. The second-order valence-electron chi connectivity index (χ2n) is 5.25. The lowest BCUT2D eigenvalue weighted by Gasteiger charge is -2.33. The van der Waals surface area contributed by atoms with E-state index in [1.165, 1.54) is 0 Å². The SMILES string of the molecule is C1=CC=CNC=C1.O=P(O)(O)C1(P(=O)(O)O)CCCCCC1. The van der Waals surface area contributed by atoms with Crippen LogP contribution in [0.4, 0.5) is 0 Å². The molecule has 0 saturated heterocycles. The van der Waals surface area contributed by atoms with E-state index in [4.69, 9.17) is 0 Å². The first kappa shape index (κ1) is 19.4. The minimum absolute atomic E-state index is 0.0957. The van der Waals surface area contributed by atoms with Crippen molar-refractivity contribution in [2.24, 2.45) is 0 Å². The Labute approximate surface area is 130 Å². The first-order chi connectivity index (χ1) is 10.2. The largest absolute Gasteiger partial charge is 0.368 e. The molecule has 5 N–H and O–H groups in total. The molecule has 1 aliphatic carbocycles. The van der Waals surface area contributed by atoms with Crippen LogP contribution in [0.3, 0.4) is 0 Å². The van der Waals surface area contributed by atoms with Gasteiger partial charge in [-0.1, -0.05) is 37.8 Å². The number of nitrogens with one attached hydrogen (secondary N) is 1. The molecule has 0 aromatic heterocycles. The van der Waals surface area contributed by atoms with Crippen LogP contribution in [0.25, 0.3) is 0 Å². The highest BCUT2D eigenvalue weighted by atomic mass is 31.2. The smallest absolute Gasteiger partial charge is 0.343 e. The first-order valence-electron chi connectivity index (χ1n) is 7.06. The molecule has 0 bridgehead atoms. The van der Waals surface area contributed by atoms with Gasteiger partial charge in [-0.2, -0.15) is 0 Å². The lowest BCUT2D eigenvalue weighted by atomic mass is 10.2. The van der Waals surface area contributed by atoms with Crippen LogP contribution < -0.4 is 5.32 Å². The molecule has 0 aromatic rings. The second kappa shape index (κ2) is 8.25. The van der Waals surface area contributed by atoms with Gasteiger partial charge in [0, 0.05) is 12.4 Å². The minimum atomic E-state index is -4.78. The van der Waals surface area contributed by atoms with E-state index in [0.29, 0.717) is 12.8 Å². The van der Waals surface area contributed by atoms with E-state index in [1.807, 2.05) is 36.7 Å². The number of rotatable bonds is 2. The Kier molecular flexibility index (Phi) is 7.26. The number of allylic oxidation sites excluding steroid dienone is 4. The molecule has 1 heterocycles. The lowest BCUT2D eigenvalue weighted by molar-refractivity contribution is 0.296. The van der Waals surface area contributed by atoms with Crippen molar-refractivity contribution in [1.82, 2.24) is 5.32 Å². The predicted octanol–water partition coefficient (Wildman–Crippen LogP) is 2.57. The Morgan fingerprint density at radius 1 is 0.727 bits per heavy atom. The first-order valence-corrected chi connectivity index (χ1v) is 10.3. The van der Waals surface area contributed by atoms with Crippen molar-refractivity contribution in [3.63, 3.8) is 0 Å². The summed E-state index contributed by atoms with van der Waals surface area (Å²) in [6.07, 6.45) is 13.8. The van der Waals surface area contributed by atoms with Crippen LogP contribution in [-0.4, -0.2) is 24.5 Å². The van der Waals surface area contributed by atoms with Crippen molar-refractivity contribution in [3.8, 4) is 0 Å². The molecular formula is C13H23NO6P2. The monoisotopic (exact) mass is 351 g/mol. The lowest BCUT2D eigenvalue weighted by Crippen LogP contribution is -2.28. The molecule has 0 atom stereocenters. The van der Waals surface area contributed by atoms with E-state index in [9.17, 15) is 28.7 Å². The quantitative estimate of drug-likeness (QED) is 0.382. The van der Waals surface area contributed by atoms with Gasteiger partial charge in [-0.15, -0.1) is 0 Å². The third kappa shape index (κ3) is 5.20. The van der Waals surface area contributed by atoms with Gasteiger partial charge in [-0.25, -0.2) is 0 Å². The van der Waals surface area contributed by atoms with E-state index in [2.05, 4.69) is 5.32 Å². The second-order valence-corrected chi connectivity index (χ2v) is 9.50. The van der Waals surface area contributed by atoms with Crippen LogP contribution in [0.1, 0.15) is 38.5 Å². The van der Waals surface area contributed by atoms with Gasteiger partial charge in [0.2, 0.25) is 0 Å². The highest BCUT2D eigenvalue weighted by molar-refractivity contribution is 7.72. The van der Waals surface area contributed by atoms with E-state index >= 15 is 0 Å². The molecule has 2 aliphatic rings. The molecular weight excluding hydrogens is 328 g/mol. The molecule has 7 nitrogen and oxygen atoms in total. The van der Waals surface area contributed by atoms with Crippen molar-refractivity contribution < 1.29 is 28.7 Å². The van der Waals surface area contributed by atoms with Gasteiger partial charge in [0.05, 0.1) is 0 Å². The molecule has 0 amide bonds. The molecule has 0 spiro atoms. The van der Waals surface area contributed by atoms with Gasteiger partial charge in [-0.05, 0) is 25.0 Å². The van der Waals surface area contributed by atoms with Gasteiger partial charge in [0.1, 0.15) is 0 Å². The van der Waals surface area contributed by atoms with Crippen molar-refractivity contribution in [3.05, 3.63) is 36.7 Å². The van der Waals surface area contributed by atoms with Crippen LogP contribution in [0.2, 0.25) is 0 Å². The molecule has 1 fully saturated rings. The fraction of sp³-hybridized carbons (Fsp3) is 0.538. The highest BCUT2D eigenvalue weighted by Crippen LogP contribution is 2.73. The summed E-state index contributed by atoms with van der Waals surface area (Å²) in [6.45, 7) is 0. The molecule has 1 aliphatic heterocycles. The third-order valence-electron chi connectivity index (χ3n) is 3.71. The molecule has 22 heavy (non-hydrogen) atoms. The predicted molar refractivity (Wildman–Crippen MR) is 85.1 cm³/mol. The fourth-order valence-corrected chi connectivity index (χ4v) is 5.61. The zero-order valence-electron chi connectivity index (χ0n) is 12.2. The summed E-state index contributed by atoms with van der Waals surface area (Å²) in [4.78, 5) is 34.6. The van der Waals surface area contributed by atoms with Crippen molar-refractivity contribution >= 4 is 15.2 Å². The average Bonchev–Trinajstić information content (AvgIpc) is 2.83. The van der Waals surface area contributed by atoms with Gasteiger partial charge in [-0.3, -0.25) is 9.13 Å². The van der Waals surface area contributed by atoms with Gasteiger partial charge in [0.15, 0.2) is 4.90 Å². The maximum atomic E-state index is 11.3. The maximum Gasteiger partial charge on any atom is 0.343 e. The Bertz CT molecular complexity index is 485. The van der Waals surface area contributed by atoms with Gasteiger partial charge >= 0.3 is 15.2 Å². The normalized spacial score (nSPS) is 21.1. The summed E-state index contributed by atoms with van der Waals surface area (Å²) in [5.74, 6) is 0. The van der Waals surface area contributed by atoms with E-state index in [1.54, 1.807) is 0 Å². The Morgan fingerprint density at radius 2 is 1.14 bits per heavy atom.